The van der Waals surface area contributed by atoms with E-state index in [1.165, 1.54) is 16.8 Å². The minimum atomic E-state index is -4.54. The summed E-state index contributed by atoms with van der Waals surface area (Å²) in [5.41, 5.74) is 8.36. The van der Waals surface area contributed by atoms with Gasteiger partial charge in [0.25, 0.3) is 0 Å². The molecule has 0 radical (unpaired) electrons. The standard InChI is InChI=1S/C17H13ClF3N5OS/c18-12-4-6-13(7-5-12)23-26-15(22)24-25(16(26)28)9-14(27)10-2-1-3-11(8-10)17(19,20)21/h1-8,23H,9H2,(H2,22,24). The average molecular weight is 428 g/mol. The topological polar surface area (TPSA) is 77.9 Å². The fourth-order valence-corrected chi connectivity index (χ4v) is 2.75. The number of carbonyl (C=O) groups is 1. The van der Waals surface area contributed by atoms with Crippen LogP contribution in [0.5, 0.6) is 0 Å². The summed E-state index contributed by atoms with van der Waals surface area (Å²) in [6.45, 7) is -0.361. The molecule has 6 nitrogen and oxygen atoms in total. The molecule has 3 rings (SSSR count). The summed E-state index contributed by atoms with van der Waals surface area (Å²) in [6, 6.07) is 10.8. The van der Waals surface area contributed by atoms with Crippen molar-refractivity contribution in [2.75, 3.05) is 11.2 Å². The Morgan fingerprint density at radius 1 is 1.21 bits per heavy atom. The molecule has 0 aliphatic carbocycles. The van der Waals surface area contributed by atoms with Crippen LogP contribution < -0.4 is 11.2 Å². The third-order valence-corrected chi connectivity index (χ3v) is 4.40. The van der Waals surface area contributed by atoms with E-state index < -0.39 is 17.5 Å². The van der Waals surface area contributed by atoms with Crippen molar-refractivity contribution < 1.29 is 18.0 Å². The molecule has 0 saturated heterocycles. The maximum absolute atomic E-state index is 12.8. The number of Topliss-reactive ketones (excluding diaryl/α,β-unsaturated/α-hetero) is 1. The monoisotopic (exact) mass is 427 g/mol. The van der Waals surface area contributed by atoms with Crippen molar-refractivity contribution in [2.24, 2.45) is 0 Å². The third-order valence-electron chi connectivity index (χ3n) is 3.75. The Kier molecular flexibility index (Phi) is 5.43. The fourth-order valence-electron chi connectivity index (χ4n) is 2.38. The van der Waals surface area contributed by atoms with E-state index in [0.717, 1.165) is 16.8 Å². The minimum Gasteiger partial charge on any atom is -0.366 e. The zero-order valence-electron chi connectivity index (χ0n) is 14.1. The van der Waals surface area contributed by atoms with Crippen LogP contribution in [0, 0.1) is 4.77 Å². The van der Waals surface area contributed by atoms with Crippen LogP contribution in [0.4, 0.5) is 24.8 Å². The minimum absolute atomic E-state index is 0.0169. The van der Waals surface area contributed by atoms with Gasteiger partial charge in [0.05, 0.1) is 11.3 Å². The second-order valence-corrected chi connectivity index (χ2v) is 6.56. The van der Waals surface area contributed by atoms with Crippen molar-refractivity contribution >= 4 is 41.2 Å². The Labute approximate surface area is 167 Å². The van der Waals surface area contributed by atoms with Gasteiger partial charge in [-0.2, -0.15) is 17.8 Å². The van der Waals surface area contributed by atoms with Gasteiger partial charge in [-0.1, -0.05) is 23.7 Å². The van der Waals surface area contributed by atoms with Gasteiger partial charge >= 0.3 is 6.18 Å². The van der Waals surface area contributed by atoms with Crippen molar-refractivity contribution in [3.63, 3.8) is 0 Å². The van der Waals surface area contributed by atoms with Crippen molar-refractivity contribution in [2.45, 2.75) is 12.7 Å². The van der Waals surface area contributed by atoms with Crippen LogP contribution in [0.15, 0.2) is 48.5 Å². The van der Waals surface area contributed by atoms with Crippen LogP contribution in [0.2, 0.25) is 5.02 Å². The first kappa shape index (κ1) is 19.9. The van der Waals surface area contributed by atoms with Gasteiger partial charge in [-0.3, -0.25) is 10.2 Å². The third kappa shape index (κ3) is 4.34. The molecule has 0 aliphatic heterocycles. The van der Waals surface area contributed by atoms with E-state index in [1.54, 1.807) is 24.3 Å². The maximum atomic E-state index is 12.8. The quantitative estimate of drug-likeness (QED) is 0.465. The van der Waals surface area contributed by atoms with Gasteiger partial charge in [-0.05, 0) is 48.6 Å². The highest BCUT2D eigenvalue weighted by molar-refractivity contribution is 7.71. The van der Waals surface area contributed by atoms with E-state index in [9.17, 15) is 18.0 Å². The van der Waals surface area contributed by atoms with E-state index in [4.69, 9.17) is 29.6 Å². The summed E-state index contributed by atoms with van der Waals surface area (Å²) in [6.07, 6.45) is -4.54. The summed E-state index contributed by atoms with van der Waals surface area (Å²) >= 11 is 11.1. The number of hydrogen-bond donors (Lipinski definition) is 2. The maximum Gasteiger partial charge on any atom is 0.416 e. The van der Waals surface area contributed by atoms with Gasteiger partial charge in [0.2, 0.25) is 10.7 Å². The molecule has 0 spiro atoms. The first-order valence-corrected chi connectivity index (χ1v) is 8.62. The Bertz CT molecular complexity index is 1080. The molecular formula is C17H13ClF3N5OS. The van der Waals surface area contributed by atoms with E-state index in [0.29, 0.717) is 10.7 Å². The molecule has 2 aromatic carbocycles. The predicted molar refractivity (Wildman–Crippen MR) is 102 cm³/mol. The number of hydrogen-bond acceptors (Lipinski definition) is 5. The number of nitrogen functional groups attached to an aromatic ring is 1. The Morgan fingerprint density at radius 2 is 1.89 bits per heavy atom. The predicted octanol–water partition coefficient (Wildman–Crippen LogP) is 4.43. The number of nitrogens with two attached hydrogens (primary N) is 1. The second-order valence-electron chi connectivity index (χ2n) is 5.75. The number of carbonyl (C=O) groups excluding carboxylic acids is 1. The lowest BCUT2D eigenvalue weighted by molar-refractivity contribution is -0.137. The molecule has 0 bridgehead atoms. The molecular weight excluding hydrogens is 415 g/mol. The summed E-state index contributed by atoms with van der Waals surface area (Å²) in [4.78, 5) is 12.4. The highest BCUT2D eigenvalue weighted by Crippen LogP contribution is 2.29. The van der Waals surface area contributed by atoms with Crippen molar-refractivity contribution in [1.29, 1.82) is 0 Å². The Hall–Kier alpha value is -2.85. The first-order chi connectivity index (χ1) is 13.1. The van der Waals surface area contributed by atoms with Gasteiger partial charge in [0.1, 0.15) is 6.54 Å². The zero-order valence-corrected chi connectivity index (χ0v) is 15.6. The SMILES string of the molecule is Nc1nn(CC(=O)c2cccc(C(F)(F)F)c2)c(=S)n1Nc1ccc(Cl)cc1. The smallest absolute Gasteiger partial charge is 0.366 e. The van der Waals surface area contributed by atoms with Gasteiger partial charge < -0.3 is 5.73 Å². The number of aromatic nitrogens is 3. The number of alkyl halides is 3. The second kappa shape index (κ2) is 7.64. The number of nitrogens with one attached hydrogen (secondary N) is 1. The van der Waals surface area contributed by atoms with Crippen molar-refractivity contribution in [3.8, 4) is 0 Å². The molecule has 0 atom stereocenters. The average Bonchev–Trinajstić information content (AvgIpc) is 2.90. The van der Waals surface area contributed by atoms with Gasteiger partial charge in [0.15, 0.2) is 5.78 Å². The molecule has 28 heavy (non-hydrogen) atoms. The van der Waals surface area contributed by atoms with Crippen LogP contribution in [-0.2, 0) is 12.7 Å². The van der Waals surface area contributed by atoms with E-state index in [2.05, 4.69) is 10.5 Å². The molecule has 3 N–H and O–H groups in total. The molecule has 1 heterocycles. The number of benzene rings is 2. The van der Waals surface area contributed by atoms with E-state index in [-0.39, 0.29) is 22.8 Å². The molecule has 11 heteroatoms. The number of anilines is 2. The number of nitrogens with zero attached hydrogens (tertiary/aromatic N) is 3. The van der Waals surface area contributed by atoms with E-state index in [1.807, 2.05) is 0 Å². The highest BCUT2D eigenvalue weighted by atomic mass is 35.5. The fraction of sp³-hybridized carbons (Fsp3) is 0.118. The molecule has 3 aromatic rings. The van der Waals surface area contributed by atoms with Gasteiger partial charge in [0, 0.05) is 10.6 Å². The molecule has 146 valence electrons. The number of halogens is 4. The molecule has 1 aromatic heterocycles. The summed E-state index contributed by atoms with van der Waals surface area (Å²) in [7, 11) is 0. The van der Waals surface area contributed by atoms with Crippen LogP contribution in [0.3, 0.4) is 0 Å². The zero-order chi connectivity index (χ0) is 20.5. The molecule has 0 aliphatic rings. The normalized spacial score (nSPS) is 11.4. The number of ketones is 1. The van der Waals surface area contributed by atoms with Gasteiger partial charge in [-0.15, -0.1) is 5.10 Å². The van der Waals surface area contributed by atoms with Crippen LogP contribution >= 0.6 is 23.8 Å². The van der Waals surface area contributed by atoms with Crippen LogP contribution in [0.1, 0.15) is 15.9 Å². The Balaban J connectivity index is 1.83. The van der Waals surface area contributed by atoms with Crippen LogP contribution in [-0.4, -0.2) is 20.2 Å². The highest BCUT2D eigenvalue weighted by Gasteiger charge is 2.31. The molecule has 0 amide bonds. The van der Waals surface area contributed by atoms with E-state index >= 15 is 0 Å². The number of rotatable bonds is 5. The summed E-state index contributed by atoms with van der Waals surface area (Å²) in [5, 5.41) is 4.53. The molecule has 0 unspecified atom stereocenters. The lowest BCUT2D eigenvalue weighted by Gasteiger charge is -2.08. The van der Waals surface area contributed by atoms with Crippen molar-refractivity contribution in [1.82, 2.24) is 14.5 Å². The first-order valence-electron chi connectivity index (χ1n) is 7.83. The molecule has 0 fully saturated rings. The lowest BCUT2D eigenvalue weighted by Crippen LogP contribution is -2.15. The largest absolute Gasteiger partial charge is 0.416 e. The van der Waals surface area contributed by atoms with Crippen LogP contribution in [0.25, 0.3) is 0 Å². The molecule has 0 saturated carbocycles. The lowest BCUT2D eigenvalue weighted by atomic mass is 10.1. The summed E-state index contributed by atoms with van der Waals surface area (Å²) < 4.78 is 41.0. The van der Waals surface area contributed by atoms with Crippen molar-refractivity contribution in [3.05, 3.63) is 69.5 Å². The Morgan fingerprint density at radius 3 is 2.54 bits per heavy atom. The van der Waals surface area contributed by atoms with Gasteiger partial charge in [-0.25, -0.2) is 4.68 Å². The summed E-state index contributed by atoms with van der Waals surface area (Å²) in [5.74, 6) is -0.602.